The van der Waals surface area contributed by atoms with Crippen LogP contribution in [0.1, 0.15) is 38.1 Å². The van der Waals surface area contributed by atoms with Crippen LogP contribution in [0.15, 0.2) is 11.0 Å². The largest absolute Gasteiger partial charge is 0.378 e. The molecule has 7 nitrogen and oxygen atoms in total. The van der Waals surface area contributed by atoms with E-state index in [0.717, 1.165) is 31.6 Å². The van der Waals surface area contributed by atoms with Gasteiger partial charge in [-0.05, 0) is 12.8 Å². The maximum Gasteiger partial charge on any atom is 0.263 e. The van der Waals surface area contributed by atoms with Crippen molar-refractivity contribution in [1.82, 2.24) is 19.7 Å². The fraction of sp³-hybridized carbons (Fsp3) is 0.667. The number of ether oxygens (including phenoxy) is 1. The van der Waals surface area contributed by atoms with E-state index in [2.05, 4.69) is 15.0 Å². The third-order valence-corrected chi connectivity index (χ3v) is 4.68. The fourth-order valence-corrected chi connectivity index (χ4v) is 3.44. The minimum atomic E-state index is -0.103. The molecule has 1 aliphatic carbocycles. The molecule has 0 amide bonds. The Balaban J connectivity index is 1.75. The molecule has 0 bridgehead atoms. The molecule has 118 valence electrons. The van der Waals surface area contributed by atoms with Gasteiger partial charge >= 0.3 is 0 Å². The average molecular weight is 303 g/mol. The van der Waals surface area contributed by atoms with Gasteiger partial charge in [0, 0.05) is 13.1 Å². The first-order valence-electron chi connectivity index (χ1n) is 8.13. The number of H-pyrrole nitrogens is 1. The molecular weight excluding hydrogens is 282 g/mol. The summed E-state index contributed by atoms with van der Waals surface area (Å²) in [6.07, 6.45) is 7.65. The minimum absolute atomic E-state index is 0.103. The van der Waals surface area contributed by atoms with Crippen LogP contribution in [0.4, 0.5) is 5.95 Å². The van der Waals surface area contributed by atoms with Crippen LogP contribution in [0.2, 0.25) is 0 Å². The lowest BCUT2D eigenvalue weighted by molar-refractivity contribution is 0.122. The van der Waals surface area contributed by atoms with E-state index in [9.17, 15) is 4.79 Å². The number of anilines is 1. The second kappa shape index (κ2) is 5.72. The molecule has 1 aliphatic heterocycles. The third-order valence-electron chi connectivity index (χ3n) is 4.68. The van der Waals surface area contributed by atoms with Crippen LogP contribution < -0.4 is 10.5 Å². The number of hydrogen-bond donors (Lipinski definition) is 1. The smallest absolute Gasteiger partial charge is 0.263 e. The van der Waals surface area contributed by atoms with Gasteiger partial charge in [0.2, 0.25) is 5.95 Å². The van der Waals surface area contributed by atoms with Crippen molar-refractivity contribution in [3.63, 3.8) is 0 Å². The molecule has 2 aromatic heterocycles. The van der Waals surface area contributed by atoms with Gasteiger partial charge in [-0.2, -0.15) is 10.1 Å². The summed E-state index contributed by atoms with van der Waals surface area (Å²) in [6, 6.07) is 0.373. The molecule has 0 unspecified atom stereocenters. The Morgan fingerprint density at radius 3 is 2.73 bits per heavy atom. The van der Waals surface area contributed by atoms with E-state index in [0.29, 0.717) is 30.6 Å². The lowest BCUT2D eigenvalue weighted by Gasteiger charge is -2.27. The van der Waals surface area contributed by atoms with E-state index in [1.54, 1.807) is 6.20 Å². The Bertz CT molecular complexity index is 710. The quantitative estimate of drug-likeness (QED) is 0.909. The highest BCUT2D eigenvalue weighted by atomic mass is 16.5. The van der Waals surface area contributed by atoms with Crippen LogP contribution in [0.3, 0.4) is 0 Å². The highest BCUT2D eigenvalue weighted by Gasteiger charge is 2.21. The topological polar surface area (TPSA) is 76.0 Å². The number of nitrogens with one attached hydrogen (secondary N) is 1. The van der Waals surface area contributed by atoms with Gasteiger partial charge in [0.25, 0.3) is 5.56 Å². The summed E-state index contributed by atoms with van der Waals surface area (Å²) in [6.45, 7) is 2.85. The van der Waals surface area contributed by atoms with Gasteiger partial charge in [-0.25, -0.2) is 4.68 Å². The molecule has 1 saturated heterocycles. The van der Waals surface area contributed by atoms with Crippen molar-refractivity contribution in [3.05, 3.63) is 16.6 Å². The highest BCUT2D eigenvalue weighted by molar-refractivity contribution is 5.74. The van der Waals surface area contributed by atoms with Crippen molar-refractivity contribution in [3.8, 4) is 0 Å². The average Bonchev–Trinajstić information content (AvgIpc) is 3.01. The molecule has 1 saturated carbocycles. The fourth-order valence-electron chi connectivity index (χ4n) is 3.44. The summed E-state index contributed by atoms with van der Waals surface area (Å²) >= 11 is 0. The van der Waals surface area contributed by atoms with Crippen LogP contribution in [-0.2, 0) is 4.74 Å². The standard InChI is InChI=1S/C15H21N5O2/c21-14-12-10-16-20(11-4-2-1-3-5-11)13(12)17-15(18-14)19-6-8-22-9-7-19/h10-11H,1-9H2,(H,17,18,21). The van der Waals surface area contributed by atoms with Crippen molar-refractivity contribution < 1.29 is 4.74 Å². The number of hydrogen-bond acceptors (Lipinski definition) is 5. The van der Waals surface area contributed by atoms with E-state index in [1.165, 1.54) is 19.3 Å². The molecule has 22 heavy (non-hydrogen) atoms. The number of fused-ring (bicyclic) bond motifs is 1. The SMILES string of the molecule is O=c1[nH]c(N2CCOCC2)nc2c1cnn2C1CCCCC1. The van der Waals surface area contributed by atoms with Crippen LogP contribution in [0, 0.1) is 0 Å². The lowest BCUT2D eigenvalue weighted by Crippen LogP contribution is -2.38. The Morgan fingerprint density at radius 2 is 1.95 bits per heavy atom. The molecule has 1 N–H and O–H groups in total. The van der Waals surface area contributed by atoms with Crippen molar-refractivity contribution in [2.75, 3.05) is 31.2 Å². The molecule has 2 fully saturated rings. The Hall–Kier alpha value is -1.89. The molecule has 3 heterocycles. The lowest BCUT2D eigenvalue weighted by atomic mass is 9.96. The van der Waals surface area contributed by atoms with Crippen LogP contribution >= 0.6 is 0 Å². The van der Waals surface area contributed by atoms with Gasteiger partial charge in [-0.3, -0.25) is 9.78 Å². The highest BCUT2D eigenvalue weighted by Crippen LogP contribution is 2.29. The second-order valence-corrected chi connectivity index (χ2v) is 6.11. The predicted molar refractivity (Wildman–Crippen MR) is 83.3 cm³/mol. The molecule has 2 aliphatic rings. The van der Waals surface area contributed by atoms with E-state index >= 15 is 0 Å². The summed E-state index contributed by atoms with van der Waals surface area (Å²) in [5.74, 6) is 0.637. The van der Waals surface area contributed by atoms with Gasteiger partial charge in [-0.1, -0.05) is 19.3 Å². The zero-order chi connectivity index (χ0) is 14.9. The van der Waals surface area contributed by atoms with E-state index < -0.39 is 0 Å². The maximum atomic E-state index is 12.3. The monoisotopic (exact) mass is 303 g/mol. The van der Waals surface area contributed by atoms with E-state index in [-0.39, 0.29) is 5.56 Å². The summed E-state index contributed by atoms with van der Waals surface area (Å²) in [7, 11) is 0. The van der Waals surface area contributed by atoms with Crippen LogP contribution in [0.5, 0.6) is 0 Å². The van der Waals surface area contributed by atoms with Gasteiger partial charge in [0.15, 0.2) is 5.65 Å². The Morgan fingerprint density at radius 1 is 1.18 bits per heavy atom. The van der Waals surface area contributed by atoms with Crippen molar-refractivity contribution in [2.24, 2.45) is 0 Å². The van der Waals surface area contributed by atoms with Crippen molar-refractivity contribution in [2.45, 2.75) is 38.1 Å². The van der Waals surface area contributed by atoms with E-state index in [1.807, 2.05) is 4.68 Å². The van der Waals surface area contributed by atoms with Gasteiger partial charge in [-0.15, -0.1) is 0 Å². The third kappa shape index (κ3) is 2.39. The first-order valence-corrected chi connectivity index (χ1v) is 8.13. The molecular formula is C15H21N5O2. The van der Waals surface area contributed by atoms with Gasteiger partial charge in [0.1, 0.15) is 5.39 Å². The first-order chi connectivity index (χ1) is 10.8. The second-order valence-electron chi connectivity index (χ2n) is 6.11. The molecule has 4 rings (SSSR count). The summed E-state index contributed by atoms with van der Waals surface area (Å²) in [5.41, 5.74) is 0.616. The molecule has 0 atom stereocenters. The number of aromatic nitrogens is 4. The molecule has 2 aromatic rings. The Kier molecular flexibility index (Phi) is 3.57. The van der Waals surface area contributed by atoms with Crippen molar-refractivity contribution >= 4 is 17.0 Å². The first kappa shape index (κ1) is 13.8. The zero-order valence-corrected chi connectivity index (χ0v) is 12.6. The summed E-state index contributed by atoms with van der Waals surface area (Å²) in [4.78, 5) is 22.0. The number of nitrogens with zero attached hydrogens (tertiary/aromatic N) is 4. The number of morpholine rings is 1. The summed E-state index contributed by atoms with van der Waals surface area (Å²) < 4.78 is 7.33. The van der Waals surface area contributed by atoms with Crippen molar-refractivity contribution in [1.29, 1.82) is 0 Å². The Labute approximate surface area is 128 Å². The molecule has 0 radical (unpaired) electrons. The number of aromatic amines is 1. The molecule has 0 spiro atoms. The van der Waals surface area contributed by atoms with Gasteiger partial charge < -0.3 is 9.64 Å². The maximum absolute atomic E-state index is 12.3. The van der Waals surface area contributed by atoms with E-state index in [4.69, 9.17) is 9.72 Å². The molecule has 0 aromatic carbocycles. The zero-order valence-electron chi connectivity index (χ0n) is 12.6. The normalized spacial score (nSPS) is 20.6. The number of rotatable bonds is 2. The van der Waals surface area contributed by atoms with Crippen LogP contribution in [-0.4, -0.2) is 46.1 Å². The predicted octanol–water partition coefficient (Wildman–Crippen LogP) is 1.46. The molecule has 7 heteroatoms. The van der Waals surface area contributed by atoms with Crippen LogP contribution in [0.25, 0.3) is 11.0 Å². The van der Waals surface area contributed by atoms with Gasteiger partial charge in [0.05, 0.1) is 25.5 Å². The minimum Gasteiger partial charge on any atom is -0.378 e. The summed E-state index contributed by atoms with van der Waals surface area (Å²) in [5, 5.41) is 5.04.